The minimum absolute atomic E-state index is 0.0194. The van der Waals surface area contributed by atoms with Crippen LogP contribution in [0.1, 0.15) is 32.6 Å². The Morgan fingerprint density at radius 2 is 1.96 bits per heavy atom. The second-order valence-corrected chi connectivity index (χ2v) is 7.91. The predicted molar refractivity (Wildman–Crippen MR) is 96.9 cm³/mol. The highest BCUT2D eigenvalue weighted by Gasteiger charge is 2.40. The first-order valence-electron chi connectivity index (χ1n) is 8.36. The van der Waals surface area contributed by atoms with E-state index in [9.17, 15) is 14.7 Å². The molecule has 1 fully saturated rings. The smallest absolute Gasteiger partial charge is 0.308 e. The number of amides is 1. The van der Waals surface area contributed by atoms with Crippen LogP contribution in [0.15, 0.2) is 24.3 Å². The zero-order valence-corrected chi connectivity index (χ0v) is 15.5. The molecule has 5 nitrogen and oxygen atoms in total. The van der Waals surface area contributed by atoms with Gasteiger partial charge in [0.25, 0.3) is 0 Å². The summed E-state index contributed by atoms with van der Waals surface area (Å²) in [5, 5.41) is 10.6. The normalized spacial score (nSPS) is 20.0. The van der Waals surface area contributed by atoms with Crippen molar-refractivity contribution in [2.45, 2.75) is 33.1 Å². The molecule has 1 amide bonds. The average molecular weight is 358 g/mol. The molecule has 0 bridgehead atoms. The molecule has 1 aromatic carbocycles. The SMILES string of the molecule is Cc1nc(C)c(CC(=O)N2C[C@H](C(=O)O)[C@@H](c3ccccc3C)C2)s1. The third kappa shape index (κ3) is 3.58. The number of carboxylic acids is 1. The van der Waals surface area contributed by atoms with Crippen molar-refractivity contribution in [1.29, 1.82) is 0 Å². The van der Waals surface area contributed by atoms with E-state index in [1.54, 1.807) is 4.90 Å². The van der Waals surface area contributed by atoms with Crippen LogP contribution in [0.5, 0.6) is 0 Å². The summed E-state index contributed by atoms with van der Waals surface area (Å²) in [5.74, 6) is -1.58. The van der Waals surface area contributed by atoms with Crippen molar-refractivity contribution in [2.24, 2.45) is 5.92 Å². The molecule has 6 heteroatoms. The van der Waals surface area contributed by atoms with Gasteiger partial charge in [-0.25, -0.2) is 4.98 Å². The first kappa shape index (κ1) is 17.6. The molecule has 2 atom stereocenters. The van der Waals surface area contributed by atoms with Crippen molar-refractivity contribution in [3.63, 3.8) is 0 Å². The van der Waals surface area contributed by atoms with Crippen LogP contribution in [-0.4, -0.2) is 40.0 Å². The van der Waals surface area contributed by atoms with Gasteiger partial charge in [-0.05, 0) is 31.9 Å². The molecule has 1 saturated heterocycles. The molecule has 0 unspecified atom stereocenters. The van der Waals surface area contributed by atoms with Crippen LogP contribution in [0.2, 0.25) is 0 Å². The molecule has 1 aliphatic rings. The molecule has 1 aliphatic heterocycles. The maximum atomic E-state index is 12.7. The van der Waals surface area contributed by atoms with Gasteiger partial charge in [-0.1, -0.05) is 24.3 Å². The van der Waals surface area contributed by atoms with E-state index in [1.807, 2.05) is 45.0 Å². The third-order valence-electron chi connectivity index (χ3n) is 4.89. The lowest BCUT2D eigenvalue weighted by molar-refractivity contribution is -0.141. The molecule has 0 radical (unpaired) electrons. The van der Waals surface area contributed by atoms with Crippen LogP contribution in [0, 0.1) is 26.7 Å². The first-order valence-corrected chi connectivity index (χ1v) is 9.17. The van der Waals surface area contributed by atoms with E-state index in [4.69, 9.17) is 0 Å². The molecule has 1 aromatic heterocycles. The Morgan fingerprint density at radius 1 is 1.24 bits per heavy atom. The van der Waals surface area contributed by atoms with E-state index in [2.05, 4.69) is 4.98 Å². The number of carbonyl (C=O) groups is 2. The fourth-order valence-corrected chi connectivity index (χ4v) is 4.49. The molecule has 1 N–H and O–H groups in total. The highest BCUT2D eigenvalue weighted by molar-refractivity contribution is 7.11. The second-order valence-electron chi connectivity index (χ2n) is 6.62. The Labute approximate surface area is 151 Å². The Morgan fingerprint density at radius 3 is 2.56 bits per heavy atom. The molecule has 3 rings (SSSR count). The van der Waals surface area contributed by atoms with Gasteiger partial charge in [0, 0.05) is 23.9 Å². The molecular formula is C19H22N2O3S. The third-order valence-corrected chi connectivity index (χ3v) is 5.96. The summed E-state index contributed by atoms with van der Waals surface area (Å²) < 4.78 is 0. The van der Waals surface area contributed by atoms with E-state index in [0.717, 1.165) is 26.7 Å². The van der Waals surface area contributed by atoms with Gasteiger partial charge in [0.15, 0.2) is 0 Å². The molecule has 0 saturated carbocycles. The summed E-state index contributed by atoms with van der Waals surface area (Å²) in [5.41, 5.74) is 2.98. The van der Waals surface area contributed by atoms with Gasteiger partial charge in [-0.3, -0.25) is 9.59 Å². The summed E-state index contributed by atoms with van der Waals surface area (Å²) in [6.45, 7) is 6.55. The lowest BCUT2D eigenvalue weighted by Gasteiger charge is -2.18. The zero-order valence-electron chi connectivity index (χ0n) is 14.7. The number of aliphatic carboxylic acids is 1. The number of aromatic nitrogens is 1. The molecule has 25 heavy (non-hydrogen) atoms. The van der Waals surface area contributed by atoms with Gasteiger partial charge in [0.2, 0.25) is 5.91 Å². The van der Waals surface area contributed by atoms with Crippen LogP contribution < -0.4 is 0 Å². The summed E-state index contributed by atoms with van der Waals surface area (Å²) in [4.78, 5) is 31.5. The van der Waals surface area contributed by atoms with Gasteiger partial charge in [-0.2, -0.15) is 0 Å². The van der Waals surface area contributed by atoms with Crippen LogP contribution in [0.4, 0.5) is 0 Å². The van der Waals surface area contributed by atoms with E-state index < -0.39 is 11.9 Å². The number of benzene rings is 1. The molecule has 0 spiro atoms. The fraction of sp³-hybridized carbons (Fsp3) is 0.421. The molecular weight excluding hydrogens is 336 g/mol. The lowest BCUT2D eigenvalue weighted by atomic mass is 9.86. The fourth-order valence-electron chi connectivity index (χ4n) is 3.56. The average Bonchev–Trinajstić information content (AvgIpc) is 3.12. The molecule has 2 heterocycles. The summed E-state index contributed by atoms with van der Waals surface area (Å²) in [7, 11) is 0. The largest absolute Gasteiger partial charge is 0.481 e. The van der Waals surface area contributed by atoms with Crippen molar-refractivity contribution in [1.82, 2.24) is 9.88 Å². The Balaban J connectivity index is 1.80. The highest BCUT2D eigenvalue weighted by atomic mass is 32.1. The van der Waals surface area contributed by atoms with E-state index in [1.165, 1.54) is 11.3 Å². The van der Waals surface area contributed by atoms with Gasteiger partial charge >= 0.3 is 5.97 Å². The minimum Gasteiger partial charge on any atom is -0.481 e. The van der Waals surface area contributed by atoms with Gasteiger partial charge in [-0.15, -0.1) is 11.3 Å². The monoisotopic (exact) mass is 358 g/mol. The zero-order chi connectivity index (χ0) is 18.1. The van der Waals surface area contributed by atoms with E-state index in [0.29, 0.717) is 13.0 Å². The number of aryl methyl sites for hydroxylation is 3. The summed E-state index contributed by atoms with van der Waals surface area (Å²) >= 11 is 1.53. The number of carbonyl (C=O) groups excluding carboxylic acids is 1. The second kappa shape index (κ2) is 6.96. The van der Waals surface area contributed by atoms with Crippen molar-refractivity contribution in [3.05, 3.63) is 51.0 Å². The number of rotatable bonds is 4. The minimum atomic E-state index is -0.839. The van der Waals surface area contributed by atoms with Crippen molar-refractivity contribution in [2.75, 3.05) is 13.1 Å². The van der Waals surface area contributed by atoms with Crippen LogP contribution in [0.25, 0.3) is 0 Å². The van der Waals surface area contributed by atoms with Crippen LogP contribution in [0.3, 0.4) is 0 Å². The van der Waals surface area contributed by atoms with Crippen LogP contribution in [-0.2, 0) is 16.0 Å². The molecule has 0 aliphatic carbocycles. The Hall–Kier alpha value is -2.21. The quantitative estimate of drug-likeness (QED) is 0.912. The number of nitrogens with zero attached hydrogens (tertiary/aromatic N) is 2. The molecule has 132 valence electrons. The number of hydrogen-bond acceptors (Lipinski definition) is 4. The van der Waals surface area contributed by atoms with Crippen molar-refractivity contribution < 1.29 is 14.7 Å². The van der Waals surface area contributed by atoms with Gasteiger partial charge < -0.3 is 10.0 Å². The molecule has 2 aromatic rings. The Kier molecular flexibility index (Phi) is 4.90. The maximum Gasteiger partial charge on any atom is 0.308 e. The number of carboxylic acid groups (broad SMARTS) is 1. The first-order chi connectivity index (χ1) is 11.9. The highest BCUT2D eigenvalue weighted by Crippen LogP contribution is 2.35. The number of thiazole rings is 1. The maximum absolute atomic E-state index is 12.7. The summed E-state index contributed by atoms with van der Waals surface area (Å²) in [6, 6.07) is 7.83. The lowest BCUT2D eigenvalue weighted by Crippen LogP contribution is -2.31. The van der Waals surface area contributed by atoms with Crippen LogP contribution >= 0.6 is 11.3 Å². The van der Waals surface area contributed by atoms with Gasteiger partial charge in [0.1, 0.15) is 0 Å². The van der Waals surface area contributed by atoms with E-state index >= 15 is 0 Å². The summed E-state index contributed by atoms with van der Waals surface area (Å²) in [6.07, 6.45) is 0.296. The number of hydrogen-bond donors (Lipinski definition) is 1. The van der Waals surface area contributed by atoms with Crippen molar-refractivity contribution in [3.8, 4) is 0 Å². The number of likely N-dealkylation sites (tertiary alicyclic amines) is 1. The Bertz CT molecular complexity index is 815. The standard InChI is InChI=1S/C19H22N2O3S/c1-11-6-4-5-7-14(11)15-9-21(10-16(15)19(23)24)18(22)8-17-12(2)20-13(3)25-17/h4-7,15-16H,8-10H2,1-3H3,(H,23,24)/t15-,16+/m1/s1. The van der Waals surface area contributed by atoms with E-state index in [-0.39, 0.29) is 18.4 Å². The van der Waals surface area contributed by atoms with Gasteiger partial charge in [0.05, 0.1) is 23.0 Å². The predicted octanol–water partition coefficient (Wildman–Crippen LogP) is 2.94. The van der Waals surface area contributed by atoms with Crippen molar-refractivity contribution >= 4 is 23.2 Å². The topological polar surface area (TPSA) is 70.5 Å².